The molecule has 0 aromatic carbocycles. The van der Waals surface area contributed by atoms with Gasteiger partial charge in [-0.15, -0.1) is 0 Å². The van der Waals surface area contributed by atoms with E-state index in [1.165, 1.54) is 0 Å². The molecule has 0 radical (unpaired) electrons. The topological polar surface area (TPSA) is 49.8 Å². The van der Waals surface area contributed by atoms with E-state index in [2.05, 4.69) is 41.4 Å². The van der Waals surface area contributed by atoms with Gasteiger partial charge in [0, 0.05) is 24.2 Å². The van der Waals surface area contributed by atoms with Gasteiger partial charge in [-0.1, -0.05) is 20.8 Å². The van der Waals surface area contributed by atoms with Crippen LogP contribution >= 0.6 is 0 Å². The zero-order valence-electron chi connectivity index (χ0n) is 11.5. The van der Waals surface area contributed by atoms with Crippen LogP contribution in [0.25, 0.3) is 0 Å². The summed E-state index contributed by atoms with van der Waals surface area (Å²) in [5.74, 6) is 2.79. The Hall–Kier alpha value is -1.16. The Kier molecular flexibility index (Phi) is 5.35. The van der Waals surface area contributed by atoms with Crippen LogP contribution in [0.2, 0.25) is 0 Å². The summed E-state index contributed by atoms with van der Waals surface area (Å²) < 4.78 is 0. The van der Waals surface area contributed by atoms with Gasteiger partial charge in [-0.05, 0) is 26.4 Å². The number of nitrogens with one attached hydrogen (secondary N) is 2. The van der Waals surface area contributed by atoms with Crippen molar-refractivity contribution in [1.29, 1.82) is 0 Å². The molecule has 1 rings (SSSR count). The molecule has 2 N–H and O–H groups in total. The summed E-state index contributed by atoms with van der Waals surface area (Å²) in [6.07, 6.45) is 0. The van der Waals surface area contributed by atoms with Gasteiger partial charge < -0.3 is 10.6 Å². The second kappa shape index (κ2) is 6.55. The maximum atomic E-state index is 4.52. The molecule has 4 heteroatoms. The molecule has 1 aromatic rings. The van der Waals surface area contributed by atoms with Crippen LogP contribution in [0.4, 0.5) is 5.82 Å². The Morgan fingerprint density at radius 3 is 2.47 bits per heavy atom. The van der Waals surface area contributed by atoms with Crippen molar-refractivity contribution in [2.45, 2.75) is 33.6 Å². The Morgan fingerprint density at radius 2 is 1.88 bits per heavy atom. The van der Waals surface area contributed by atoms with Crippen LogP contribution in [0, 0.1) is 12.8 Å². The molecule has 0 saturated carbocycles. The van der Waals surface area contributed by atoms with E-state index in [9.17, 15) is 0 Å². The van der Waals surface area contributed by atoms with E-state index >= 15 is 0 Å². The smallest absolute Gasteiger partial charge is 0.133 e. The number of nitrogens with zero attached hydrogens (tertiary/aromatic N) is 2. The summed E-state index contributed by atoms with van der Waals surface area (Å²) in [5.41, 5.74) is 1.02. The Balaban J connectivity index is 2.64. The Bertz CT molecular complexity index is 349. The molecule has 1 heterocycles. The summed E-state index contributed by atoms with van der Waals surface area (Å²) in [7, 11) is 1.97. The first-order valence-electron chi connectivity index (χ1n) is 6.27. The van der Waals surface area contributed by atoms with Gasteiger partial charge >= 0.3 is 0 Å². The van der Waals surface area contributed by atoms with Crippen LogP contribution in [0.15, 0.2) is 6.07 Å². The Labute approximate surface area is 104 Å². The van der Waals surface area contributed by atoms with Crippen molar-refractivity contribution in [3.05, 3.63) is 17.6 Å². The molecule has 0 aliphatic heterocycles. The van der Waals surface area contributed by atoms with Crippen molar-refractivity contribution < 1.29 is 0 Å². The van der Waals surface area contributed by atoms with Crippen LogP contribution < -0.4 is 10.6 Å². The SMILES string of the molecule is CNCC(C)CNc1cc(C)nc(C(C)C)n1. The molecule has 1 aromatic heterocycles. The molecule has 1 unspecified atom stereocenters. The van der Waals surface area contributed by atoms with Crippen molar-refractivity contribution in [3.8, 4) is 0 Å². The predicted molar refractivity (Wildman–Crippen MR) is 72.4 cm³/mol. The normalized spacial score (nSPS) is 12.8. The predicted octanol–water partition coefficient (Wildman–Crippen LogP) is 2.18. The van der Waals surface area contributed by atoms with Gasteiger partial charge in [0.1, 0.15) is 11.6 Å². The average molecular weight is 236 g/mol. The van der Waals surface area contributed by atoms with Gasteiger partial charge in [0.15, 0.2) is 0 Å². The minimum atomic E-state index is 0.366. The van der Waals surface area contributed by atoms with Crippen LogP contribution in [-0.2, 0) is 0 Å². The number of aryl methyl sites for hydroxylation is 1. The van der Waals surface area contributed by atoms with Gasteiger partial charge in [-0.25, -0.2) is 9.97 Å². The second-order valence-electron chi connectivity index (χ2n) is 4.95. The Morgan fingerprint density at radius 1 is 1.18 bits per heavy atom. The third-order valence-electron chi connectivity index (χ3n) is 2.57. The molecule has 0 aliphatic rings. The fourth-order valence-electron chi connectivity index (χ4n) is 1.64. The van der Waals surface area contributed by atoms with E-state index in [-0.39, 0.29) is 0 Å². The standard InChI is InChI=1S/C13H24N4/c1-9(2)13-16-11(4)6-12(17-13)15-8-10(3)7-14-5/h6,9-10,14H,7-8H2,1-5H3,(H,15,16,17). The van der Waals surface area contributed by atoms with Gasteiger partial charge in [-0.2, -0.15) is 0 Å². The molecular formula is C13H24N4. The minimum Gasteiger partial charge on any atom is -0.370 e. The first kappa shape index (κ1) is 13.9. The first-order valence-corrected chi connectivity index (χ1v) is 6.27. The molecule has 17 heavy (non-hydrogen) atoms. The lowest BCUT2D eigenvalue weighted by Crippen LogP contribution is -2.23. The van der Waals surface area contributed by atoms with Crippen molar-refractivity contribution in [2.24, 2.45) is 5.92 Å². The highest BCUT2D eigenvalue weighted by molar-refractivity contribution is 5.36. The van der Waals surface area contributed by atoms with Crippen molar-refractivity contribution in [1.82, 2.24) is 15.3 Å². The number of hydrogen-bond acceptors (Lipinski definition) is 4. The fraction of sp³-hybridized carbons (Fsp3) is 0.692. The van der Waals surface area contributed by atoms with Crippen molar-refractivity contribution in [3.63, 3.8) is 0 Å². The number of aromatic nitrogens is 2. The van der Waals surface area contributed by atoms with Gasteiger partial charge in [0.05, 0.1) is 0 Å². The van der Waals surface area contributed by atoms with Crippen LogP contribution in [0.5, 0.6) is 0 Å². The van der Waals surface area contributed by atoms with Crippen LogP contribution in [0.3, 0.4) is 0 Å². The molecule has 0 fully saturated rings. The number of anilines is 1. The number of rotatable bonds is 6. The lowest BCUT2D eigenvalue weighted by atomic mass is 10.2. The maximum Gasteiger partial charge on any atom is 0.133 e. The highest BCUT2D eigenvalue weighted by atomic mass is 15.0. The molecule has 0 amide bonds. The molecule has 1 atom stereocenters. The van der Waals surface area contributed by atoms with E-state index in [0.29, 0.717) is 11.8 Å². The lowest BCUT2D eigenvalue weighted by molar-refractivity contribution is 0.568. The van der Waals surface area contributed by atoms with Crippen molar-refractivity contribution >= 4 is 5.82 Å². The number of hydrogen-bond donors (Lipinski definition) is 2. The third kappa shape index (κ3) is 4.69. The van der Waals surface area contributed by atoms with E-state index < -0.39 is 0 Å². The van der Waals surface area contributed by atoms with Gasteiger partial charge in [-0.3, -0.25) is 0 Å². The van der Waals surface area contributed by atoms with Crippen LogP contribution in [0.1, 0.15) is 38.2 Å². The molecule has 0 bridgehead atoms. The summed E-state index contributed by atoms with van der Waals surface area (Å²) in [6, 6.07) is 2.00. The molecule has 96 valence electrons. The largest absolute Gasteiger partial charge is 0.370 e. The highest BCUT2D eigenvalue weighted by Gasteiger charge is 2.07. The van der Waals surface area contributed by atoms with Gasteiger partial charge in [0.25, 0.3) is 0 Å². The second-order valence-corrected chi connectivity index (χ2v) is 4.95. The fourth-order valence-corrected chi connectivity index (χ4v) is 1.64. The quantitative estimate of drug-likeness (QED) is 0.795. The van der Waals surface area contributed by atoms with Gasteiger partial charge in [0.2, 0.25) is 0 Å². The third-order valence-corrected chi connectivity index (χ3v) is 2.57. The zero-order chi connectivity index (χ0) is 12.8. The van der Waals surface area contributed by atoms with E-state index in [0.717, 1.165) is 30.4 Å². The molecule has 0 aliphatic carbocycles. The van der Waals surface area contributed by atoms with E-state index in [4.69, 9.17) is 0 Å². The maximum absolute atomic E-state index is 4.52. The molecular weight excluding hydrogens is 212 g/mol. The first-order chi connectivity index (χ1) is 8.02. The molecule has 0 saturated heterocycles. The van der Waals surface area contributed by atoms with Crippen LogP contribution in [-0.4, -0.2) is 30.1 Å². The molecule has 0 spiro atoms. The summed E-state index contributed by atoms with van der Waals surface area (Å²) in [4.78, 5) is 8.96. The highest BCUT2D eigenvalue weighted by Crippen LogP contribution is 2.13. The monoisotopic (exact) mass is 236 g/mol. The molecule has 4 nitrogen and oxygen atoms in total. The summed E-state index contributed by atoms with van der Waals surface area (Å²) in [5, 5.41) is 6.55. The summed E-state index contributed by atoms with van der Waals surface area (Å²) >= 11 is 0. The lowest BCUT2D eigenvalue weighted by Gasteiger charge is -2.14. The van der Waals surface area contributed by atoms with E-state index in [1.54, 1.807) is 0 Å². The summed E-state index contributed by atoms with van der Waals surface area (Å²) in [6.45, 7) is 10.4. The van der Waals surface area contributed by atoms with E-state index in [1.807, 2.05) is 20.0 Å². The average Bonchev–Trinajstić information content (AvgIpc) is 2.26. The zero-order valence-corrected chi connectivity index (χ0v) is 11.5. The van der Waals surface area contributed by atoms with Crippen molar-refractivity contribution in [2.75, 3.05) is 25.5 Å². The minimum absolute atomic E-state index is 0.366.